The van der Waals surface area contributed by atoms with Gasteiger partial charge in [0.25, 0.3) is 0 Å². The number of hydrogen-bond donors (Lipinski definition) is 3. The summed E-state index contributed by atoms with van der Waals surface area (Å²) in [6.45, 7) is 4.97. The van der Waals surface area contributed by atoms with Crippen molar-refractivity contribution in [1.82, 2.24) is 25.3 Å². The standard InChI is InChI=1S/C16H21N5O.2C2HF3O2/c1-10-14(12-5-6-17-8-11(12)9-18-10)15-19-16(22-20-15)13-4-3-7-21(13)2;2*3-2(4,5)1(6)7/h9,13,17H,3-8H2,1-2H3;2*(H,6,7)/t13-;;/m0../s1. The van der Waals surface area contributed by atoms with E-state index in [4.69, 9.17) is 29.3 Å². The molecule has 3 N–H and O–H groups in total. The molecule has 16 heteroatoms. The van der Waals surface area contributed by atoms with Crippen LogP contribution in [0, 0.1) is 6.92 Å². The number of nitrogens with one attached hydrogen (secondary N) is 1. The maximum Gasteiger partial charge on any atom is 0.490 e. The van der Waals surface area contributed by atoms with Crippen molar-refractivity contribution in [1.29, 1.82) is 0 Å². The zero-order chi connectivity index (χ0) is 27.3. The first kappa shape index (κ1) is 29.0. The van der Waals surface area contributed by atoms with E-state index in [1.54, 1.807) is 0 Å². The van der Waals surface area contributed by atoms with Gasteiger partial charge in [-0.1, -0.05) is 5.16 Å². The van der Waals surface area contributed by atoms with Gasteiger partial charge in [0.1, 0.15) is 0 Å². The molecular weight excluding hydrogens is 504 g/mol. The van der Waals surface area contributed by atoms with Gasteiger partial charge in [0.15, 0.2) is 0 Å². The highest BCUT2D eigenvalue weighted by Gasteiger charge is 2.39. The first-order valence-electron chi connectivity index (χ1n) is 10.5. The summed E-state index contributed by atoms with van der Waals surface area (Å²) in [7, 11) is 2.12. The number of aromatic nitrogens is 3. The quantitative estimate of drug-likeness (QED) is 0.499. The number of alkyl halides is 6. The molecule has 0 unspecified atom stereocenters. The molecule has 2 aromatic rings. The predicted octanol–water partition coefficient (Wildman–Crippen LogP) is 3.12. The Labute approximate surface area is 200 Å². The summed E-state index contributed by atoms with van der Waals surface area (Å²) in [5.41, 5.74) is 4.61. The monoisotopic (exact) mass is 527 g/mol. The molecule has 200 valence electrons. The number of likely N-dealkylation sites (tertiary alicyclic amines) is 1. The third-order valence-corrected chi connectivity index (χ3v) is 5.29. The van der Waals surface area contributed by atoms with Crippen molar-refractivity contribution in [3.63, 3.8) is 0 Å². The summed E-state index contributed by atoms with van der Waals surface area (Å²) >= 11 is 0. The smallest absolute Gasteiger partial charge is 0.475 e. The van der Waals surface area contributed by atoms with Crippen LogP contribution in [0.3, 0.4) is 0 Å². The van der Waals surface area contributed by atoms with Gasteiger partial charge in [-0.15, -0.1) is 0 Å². The van der Waals surface area contributed by atoms with Gasteiger partial charge in [-0.3, -0.25) is 9.88 Å². The van der Waals surface area contributed by atoms with Crippen LogP contribution in [-0.2, 0) is 22.6 Å². The minimum absolute atomic E-state index is 0.260. The number of pyridine rings is 1. The lowest BCUT2D eigenvalue weighted by Crippen LogP contribution is -2.25. The first-order chi connectivity index (χ1) is 16.6. The topological polar surface area (TPSA) is 142 Å². The third-order valence-electron chi connectivity index (χ3n) is 5.29. The number of nitrogens with zero attached hydrogens (tertiary/aromatic N) is 4. The highest BCUT2D eigenvalue weighted by molar-refractivity contribution is 5.73. The van der Waals surface area contributed by atoms with Crippen LogP contribution in [0.1, 0.15) is 41.6 Å². The Hall–Kier alpha value is -3.27. The summed E-state index contributed by atoms with van der Waals surface area (Å²) in [6.07, 6.45) is -4.94. The minimum atomic E-state index is -5.08. The van der Waals surface area contributed by atoms with Crippen LogP contribution < -0.4 is 5.32 Å². The van der Waals surface area contributed by atoms with Gasteiger partial charge in [-0.2, -0.15) is 31.3 Å². The fraction of sp³-hybridized carbons (Fsp3) is 0.550. The van der Waals surface area contributed by atoms with E-state index >= 15 is 0 Å². The number of fused-ring (bicyclic) bond motifs is 1. The number of halogens is 6. The second-order valence-corrected chi connectivity index (χ2v) is 7.85. The molecule has 1 saturated heterocycles. The molecule has 0 bridgehead atoms. The van der Waals surface area contributed by atoms with E-state index in [9.17, 15) is 26.3 Å². The lowest BCUT2D eigenvalue weighted by Gasteiger charge is -2.19. The van der Waals surface area contributed by atoms with Gasteiger partial charge in [0.2, 0.25) is 11.7 Å². The minimum Gasteiger partial charge on any atom is -0.475 e. The third kappa shape index (κ3) is 7.61. The molecule has 0 aromatic carbocycles. The molecule has 0 saturated carbocycles. The predicted molar refractivity (Wildman–Crippen MR) is 110 cm³/mol. The van der Waals surface area contributed by atoms with Crippen LogP contribution in [0.2, 0.25) is 0 Å². The molecule has 36 heavy (non-hydrogen) atoms. The second kappa shape index (κ2) is 11.6. The average molecular weight is 527 g/mol. The van der Waals surface area contributed by atoms with Gasteiger partial charge in [-0.05, 0) is 57.5 Å². The zero-order valence-corrected chi connectivity index (χ0v) is 19.1. The molecule has 2 aliphatic rings. The number of carboxylic acids is 2. The molecule has 4 rings (SSSR count). The Morgan fingerprint density at radius 1 is 1.14 bits per heavy atom. The van der Waals surface area contributed by atoms with Gasteiger partial charge < -0.3 is 20.1 Å². The summed E-state index contributed by atoms with van der Waals surface area (Å²) < 4.78 is 69.0. The Bertz CT molecular complexity index is 1050. The fourth-order valence-corrected chi connectivity index (χ4v) is 3.56. The van der Waals surface area contributed by atoms with Crippen molar-refractivity contribution in [2.24, 2.45) is 0 Å². The van der Waals surface area contributed by atoms with Crippen molar-refractivity contribution >= 4 is 11.9 Å². The summed E-state index contributed by atoms with van der Waals surface area (Å²) in [6, 6.07) is 0.260. The van der Waals surface area contributed by atoms with Crippen molar-refractivity contribution in [3.8, 4) is 11.4 Å². The van der Waals surface area contributed by atoms with Crippen molar-refractivity contribution < 1.29 is 50.7 Å². The van der Waals surface area contributed by atoms with E-state index in [2.05, 4.69) is 27.4 Å². The molecule has 4 heterocycles. The Morgan fingerprint density at radius 2 is 1.72 bits per heavy atom. The molecule has 1 atom stereocenters. The fourth-order valence-electron chi connectivity index (χ4n) is 3.56. The summed E-state index contributed by atoms with van der Waals surface area (Å²) in [5.74, 6) is -4.08. The average Bonchev–Trinajstić information content (AvgIpc) is 3.42. The maximum atomic E-state index is 10.6. The number of carbonyl (C=O) groups is 2. The van der Waals surface area contributed by atoms with Crippen molar-refractivity contribution in [2.75, 3.05) is 20.1 Å². The summed E-state index contributed by atoms with van der Waals surface area (Å²) in [4.78, 5) is 29.3. The van der Waals surface area contributed by atoms with Crippen LogP contribution in [-0.4, -0.2) is 74.7 Å². The Morgan fingerprint density at radius 3 is 2.22 bits per heavy atom. The largest absolute Gasteiger partial charge is 0.490 e. The van der Waals surface area contributed by atoms with Crippen LogP contribution >= 0.6 is 0 Å². The van der Waals surface area contributed by atoms with Gasteiger partial charge in [-0.25, -0.2) is 9.59 Å². The maximum absolute atomic E-state index is 10.6. The molecule has 2 aromatic heterocycles. The van der Waals surface area contributed by atoms with Gasteiger partial charge in [0, 0.05) is 24.0 Å². The number of rotatable bonds is 2. The number of aryl methyl sites for hydroxylation is 1. The second-order valence-electron chi connectivity index (χ2n) is 7.85. The molecule has 2 aliphatic heterocycles. The van der Waals surface area contributed by atoms with E-state index in [-0.39, 0.29) is 6.04 Å². The molecule has 1 fully saturated rings. The van der Waals surface area contributed by atoms with Crippen LogP contribution in [0.15, 0.2) is 10.7 Å². The van der Waals surface area contributed by atoms with Crippen LogP contribution in [0.5, 0.6) is 0 Å². The van der Waals surface area contributed by atoms with E-state index in [0.29, 0.717) is 5.82 Å². The molecule has 0 spiro atoms. The normalized spacial score (nSPS) is 17.8. The highest BCUT2D eigenvalue weighted by atomic mass is 19.4. The number of hydrogen-bond acceptors (Lipinski definition) is 8. The summed E-state index contributed by atoms with van der Waals surface area (Å²) in [5, 5.41) is 21.9. The molecule has 0 radical (unpaired) electrons. The zero-order valence-electron chi connectivity index (χ0n) is 19.1. The lowest BCUT2D eigenvalue weighted by molar-refractivity contribution is -0.193. The molecule has 0 aliphatic carbocycles. The van der Waals surface area contributed by atoms with Gasteiger partial charge in [0.05, 0.1) is 6.04 Å². The number of aliphatic carboxylic acids is 2. The first-order valence-corrected chi connectivity index (χ1v) is 10.5. The van der Waals surface area contributed by atoms with E-state index in [1.165, 1.54) is 17.5 Å². The van der Waals surface area contributed by atoms with E-state index < -0.39 is 24.3 Å². The Balaban J connectivity index is 0.000000271. The number of carboxylic acid groups (broad SMARTS) is 2. The van der Waals surface area contributed by atoms with E-state index in [0.717, 1.165) is 49.6 Å². The molecule has 0 amide bonds. The SMILES string of the molecule is Cc1ncc2c(c1-c1noc([C@@H]3CCCN3C)n1)CCNC2.O=C(O)C(F)(F)F.O=C(O)C(F)(F)F. The lowest BCUT2D eigenvalue weighted by atomic mass is 9.95. The highest BCUT2D eigenvalue weighted by Crippen LogP contribution is 2.33. The van der Waals surface area contributed by atoms with Crippen molar-refractivity contribution in [3.05, 3.63) is 28.9 Å². The van der Waals surface area contributed by atoms with Crippen LogP contribution in [0.25, 0.3) is 11.4 Å². The van der Waals surface area contributed by atoms with Gasteiger partial charge >= 0.3 is 24.3 Å². The van der Waals surface area contributed by atoms with Crippen molar-refractivity contribution in [2.45, 2.75) is 51.1 Å². The molecular formula is C20H23F6N5O5. The van der Waals surface area contributed by atoms with E-state index in [1.807, 2.05) is 13.1 Å². The van der Waals surface area contributed by atoms with Crippen LogP contribution in [0.4, 0.5) is 26.3 Å². The Kier molecular flexibility index (Phi) is 9.37. The molecule has 10 nitrogen and oxygen atoms in total.